The van der Waals surface area contributed by atoms with Crippen LogP contribution in [0.25, 0.3) is 0 Å². The number of nitrogen functional groups attached to an aromatic ring is 1. The van der Waals surface area contributed by atoms with Gasteiger partial charge in [0.2, 0.25) is 0 Å². The summed E-state index contributed by atoms with van der Waals surface area (Å²) < 4.78 is 4.89. The van der Waals surface area contributed by atoms with Crippen molar-refractivity contribution in [1.82, 2.24) is 4.98 Å². The number of aliphatic hydroxyl groups is 1. The highest BCUT2D eigenvalue weighted by Gasteiger charge is 2.13. The van der Waals surface area contributed by atoms with E-state index in [1.165, 1.54) is 18.0 Å². The normalized spacial score (nSPS) is 12.2. The standard InChI is InChI=1S/C11H16N2O3S/c1-3-16-11(15)8-4-10(13-5-9(8)12)17-7(2)6-14/h4-5,7,14H,3,6,12H2,1-2H3. The van der Waals surface area contributed by atoms with Gasteiger partial charge >= 0.3 is 5.97 Å². The Bertz CT molecular complexity index is 398. The topological polar surface area (TPSA) is 85.4 Å². The van der Waals surface area contributed by atoms with Crippen LogP contribution in [0.5, 0.6) is 0 Å². The van der Waals surface area contributed by atoms with E-state index < -0.39 is 5.97 Å². The van der Waals surface area contributed by atoms with Gasteiger partial charge in [0.05, 0.1) is 35.7 Å². The predicted octanol–water partition coefficient (Wildman–Crippen LogP) is 1.31. The fraction of sp³-hybridized carbons (Fsp3) is 0.455. The molecular weight excluding hydrogens is 240 g/mol. The molecule has 1 unspecified atom stereocenters. The molecule has 0 aliphatic rings. The van der Waals surface area contributed by atoms with Gasteiger partial charge in [-0.05, 0) is 13.0 Å². The minimum Gasteiger partial charge on any atom is -0.462 e. The molecule has 0 aliphatic heterocycles. The molecule has 3 N–H and O–H groups in total. The van der Waals surface area contributed by atoms with Crippen LogP contribution in [-0.4, -0.2) is 34.5 Å². The lowest BCUT2D eigenvalue weighted by Crippen LogP contribution is -2.09. The van der Waals surface area contributed by atoms with Crippen molar-refractivity contribution in [1.29, 1.82) is 0 Å². The Hall–Kier alpha value is -1.27. The summed E-state index contributed by atoms with van der Waals surface area (Å²) in [5.41, 5.74) is 6.27. The fourth-order valence-corrected chi connectivity index (χ4v) is 1.93. The molecule has 0 amide bonds. The summed E-state index contributed by atoms with van der Waals surface area (Å²) in [6.07, 6.45) is 1.43. The number of thioether (sulfide) groups is 1. The van der Waals surface area contributed by atoms with Gasteiger partial charge in [0.1, 0.15) is 0 Å². The van der Waals surface area contributed by atoms with E-state index in [4.69, 9.17) is 15.6 Å². The molecule has 0 saturated carbocycles. The molecule has 17 heavy (non-hydrogen) atoms. The lowest BCUT2D eigenvalue weighted by atomic mass is 10.2. The van der Waals surface area contributed by atoms with Crippen molar-refractivity contribution in [3.8, 4) is 0 Å². The van der Waals surface area contributed by atoms with E-state index >= 15 is 0 Å². The first kappa shape index (κ1) is 13.8. The summed E-state index contributed by atoms with van der Waals surface area (Å²) in [5.74, 6) is -0.453. The Balaban J connectivity index is 2.90. The summed E-state index contributed by atoms with van der Waals surface area (Å²) >= 11 is 1.38. The number of pyridine rings is 1. The maximum atomic E-state index is 11.6. The summed E-state index contributed by atoms with van der Waals surface area (Å²) in [5, 5.41) is 9.61. The Labute approximate surface area is 104 Å². The number of nitrogens with zero attached hydrogens (tertiary/aromatic N) is 1. The molecule has 1 aromatic heterocycles. The quantitative estimate of drug-likeness (QED) is 0.610. The van der Waals surface area contributed by atoms with Gasteiger partial charge in [-0.3, -0.25) is 0 Å². The van der Waals surface area contributed by atoms with Gasteiger partial charge in [-0.2, -0.15) is 0 Å². The van der Waals surface area contributed by atoms with Gasteiger partial charge < -0.3 is 15.6 Å². The molecule has 1 heterocycles. The molecule has 0 saturated heterocycles. The van der Waals surface area contributed by atoms with Crippen molar-refractivity contribution < 1.29 is 14.6 Å². The first-order chi connectivity index (χ1) is 8.08. The zero-order valence-corrected chi connectivity index (χ0v) is 10.7. The van der Waals surface area contributed by atoms with Crippen LogP contribution in [0.15, 0.2) is 17.3 Å². The van der Waals surface area contributed by atoms with Gasteiger partial charge in [0.15, 0.2) is 0 Å². The largest absolute Gasteiger partial charge is 0.462 e. The second kappa shape index (κ2) is 6.46. The van der Waals surface area contributed by atoms with Crippen LogP contribution in [0.2, 0.25) is 0 Å². The van der Waals surface area contributed by atoms with Gasteiger partial charge in [-0.25, -0.2) is 9.78 Å². The molecule has 0 aliphatic carbocycles. The van der Waals surface area contributed by atoms with Gasteiger partial charge in [0, 0.05) is 5.25 Å². The molecule has 1 rings (SSSR count). The molecule has 0 aromatic carbocycles. The maximum Gasteiger partial charge on any atom is 0.340 e. The molecule has 5 nitrogen and oxygen atoms in total. The number of aliphatic hydroxyl groups excluding tert-OH is 1. The number of hydrogen-bond donors (Lipinski definition) is 2. The second-order valence-electron chi connectivity index (χ2n) is 3.44. The summed E-state index contributed by atoms with van der Waals surface area (Å²) in [4.78, 5) is 15.7. The number of esters is 1. The molecular formula is C11H16N2O3S. The zero-order valence-electron chi connectivity index (χ0n) is 9.84. The summed E-state index contributed by atoms with van der Waals surface area (Å²) in [6.45, 7) is 3.95. The molecule has 0 radical (unpaired) electrons. The average molecular weight is 256 g/mol. The number of ether oxygens (including phenoxy) is 1. The van der Waals surface area contributed by atoms with E-state index in [9.17, 15) is 4.79 Å². The van der Waals surface area contributed by atoms with Gasteiger partial charge in [0.25, 0.3) is 0 Å². The average Bonchev–Trinajstić information content (AvgIpc) is 2.31. The highest BCUT2D eigenvalue weighted by atomic mass is 32.2. The third kappa shape index (κ3) is 3.90. The minimum absolute atomic E-state index is 0.0150. The minimum atomic E-state index is -0.453. The number of carbonyl (C=O) groups excluding carboxylic acids is 1. The number of rotatable bonds is 5. The van der Waals surface area contributed by atoms with E-state index in [0.29, 0.717) is 22.9 Å². The SMILES string of the molecule is CCOC(=O)c1cc(SC(C)CO)ncc1N. The zero-order chi connectivity index (χ0) is 12.8. The third-order valence-electron chi connectivity index (χ3n) is 1.98. The summed E-state index contributed by atoms with van der Waals surface area (Å²) in [6, 6.07) is 1.59. The van der Waals surface area contributed by atoms with Crippen molar-refractivity contribution in [3.63, 3.8) is 0 Å². The van der Waals surface area contributed by atoms with E-state index in [1.54, 1.807) is 13.0 Å². The van der Waals surface area contributed by atoms with Gasteiger partial charge in [-0.15, -0.1) is 11.8 Å². The summed E-state index contributed by atoms with van der Waals surface area (Å²) in [7, 11) is 0. The fourth-order valence-electron chi connectivity index (χ4n) is 1.14. The van der Waals surface area contributed by atoms with E-state index in [0.717, 1.165) is 0 Å². The third-order valence-corrected chi connectivity index (χ3v) is 3.00. The molecule has 1 aromatic rings. The van der Waals surface area contributed by atoms with Crippen molar-refractivity contribution in [2.75, 3.05) is 18.9 Å². The molecule has 1 atom stereocenters. The number of anilines is 1. The first-order valence-corrected chi connectivity index (χ1v) is 6.16. The number of nitrogens with two attached hydrogens (primary N) is 1. The Morgan fingerprint density at radius 1 is 1.71 bits per heavy atom. The van der Waals surface area contributed by atoms with Crippen LogP contribution in [0, 0.1) is 0 Å². The first-order valence-electron chi connectivity index (χ1n) is 5.28. The lowest BCUT2D eigenvalue weighted by molar-refractivity contribution is 0.0527. The highest BCUT2D eigenvalue weighted by molar-refractivity contribution is 7.99. The molecule has 6 heteroatoms. The highest BCUT2D eigenvalue weighted by Crippen LogP contribution is 2.24. The molecule has 94 valence electrons. The second-order valence-corrected chi connectivity index (χ2v) is 4.90. The van der Waals surface area contributed by atoms with Crippen molar-refractivity contribution >= 4 is 23.4 Å². The van der Waals surface area contributed by atoms with Crippen LogP contribution in [0.3, 0.4) is 0 Å². The van der Waals surface area contributed by atoms with E-state index in [1.807, 2.05) is 6.92 Å². The van der Waals surface area contributed by atoms with Crippen molar-refractivity contribution in [3.05, 3.63) is 17.8 Å². The van der Waals surface area contributed by atoms with Crippen LogP contribution in [0.1, 0.15) is 24.2 Å². The van der Waals surface area contributed by atoms with Crippen LogP contribution < -0.4 is 5.73 Å². The lowest BCUT2D eigenvalue weighted by Gasteiger charge is -2.09. The molecule has 0 spiro atoms. The maximum absolute atomic E-state index is 11.6. The van der Waals surface area contributed by atoms with E-state index in [2.05, 4.69) is 4.98 Å². The Morgan fingerprint density at radius 2 is 2.41 bits per heavy atom. The van der Waals surface area contributed by atoms with Crippen molar-refractivity contribution in [2.45, 2.75) is 24.1 Å². The number of hydrogen-bond acceptors (Lipinski definition) is 6. The number of aromatic nitrogens is 1. The van der Waals surface area contributed by atoms with Crippen molar-refractivity contribution in [2.24, 2.45) is 0 Å². The van der Waals surface area contributed by atoms with Crippen LogP contribution in [-0.2, 0) is 4.74 Å². The monoisotopic (exact) mass is 256 g/mol. The number of carbonyl (C=O) groups is 1. The van der Waals surface area contributed by atoms with Gasteiger partial charge in [-0.1, -0.05) is 6.92 Å². The Kier molecular flexibility index (Phi) is 5.24. The predicted molar refractivity (Wildman–Crippen MR) is 67.0 cm³/mol. The molecule has 0 fully saturated rings. The smallest absolute Gasteiger partial charge is 0.340 e. The molecule has 0 bridgehead atoms. The van der Waals surface area contributed by atoms with E-state index in [-0.39, 0.29) is 11.9 Å². The Morgan fingerprint density at radius 3 is 3.00 bits per heavy atom. The van der Waals surface area contributed by atoms with Crippen LogP contribution in [0.4, 0.5) is 5.69 Å². The van der Waals surface area contributed by atoms with Crippen LogP contribution >= 0.6 is 11.8 Å².